The minimum Gasteiger partial charge on any atom is -0.379 e. The molecule has 2 heterocycles. The first-order valence-electron chi connectivity index (χ1n) is 7.52. The first kappa shape index (κ1) is 20.5. The van der Waals surface area contributed by atoms with Crippen molar-refractivity contribution in [1.82, 2.24) is 10.2 Å². The summed E-state index contributed by atoms with van der Waals surface area (Å²) in [6, 6.07) is 8.15. The summed E-state index contributed by atoms with van der Waals surface area (Å²) in [6.07, 6.45) is 1.81. The quantitative estimate of drug-likeness (QED) is 0.801. The molecule has 25 heavy (non-hydrogen) atoms. The van der Waals surface area contributed by atoms with E-state index in [1.54, 1.807) is 18.2 Å². The molecule has 1 N–H and O–H groups in total. The first-order chi connectivity index (χ1) is 11.4. The van der Waals surface area contributed by atoms with E-state index >= 15 is 0 Å². The normalized spacial score (nSPS) is 28.6. The molecular formula is C15H21Cl2N3O3S2. The Balaban J connectivity index is 0.00000225. The summed E-state index contributed by atoms with van der Waals surface area (Å²) in [6.45, 7) is 3.80. The zero-order valence-electron chi connectivity index (χ0n) is 13.7. The maximum atomic E-state index is 12.4. The van der Waals surface area contributed by atoms with Crippen LogP contribution in [-0.4, -0.2) is 57.6 Å². The molecule has 2 aliphatic heterocycles. The molecule has 2 aliphatic rings. The number of nitrogens with zero attached hydrogens (tertiary/aromatic N) is 2. The minimum atomic E-state index is -3.78. The highest BCUT2D eigenvalue weighted by Crippen LogP contribution is 2.55. The molecule has 1 aromatic carbocycles. The van der Waals surface area contributed by atoms with Gasteiger partial charge >= 0.3 is 0 Å². The molecule has 140 valence electrons. The lowest BCUT2D eigenvalue weighted by atomic mass is 10.3. The van der Waals surface area contributed by atoms with Gasteiger partial charge in [0.25, 0.3) is 10.0 Å². The van der Waals surface area contributed by atoms with Gasteiger partial charge in [0, 0.05) is 25.3 Å². The predicted molar refractivity (Wildman–Crippen MR) is 106 cm³/mol. The zero-order chi connectivity index (χ0) is 17.2. The maximum Gasteiger partial charge on any atom is 0.284 e. The Bertz CT molecular complexity index is 761. The number of rotatable bonds is 4. The largest absolute Gasteiger partial charge is 0.379 e. The van der Waals surface area contributed by atoms with Gasteiger partial charge < -0.3 is 10.1 Å². The number of amidine groups is 1. The van der Waals surface area contributed by atoms with E-state index in [1.165, 1.54) is 12.1 Å². The Morgan fingerprint density at radius 2 is 1.92 bits per heavy atom. The molecule has 0 amide bonds. The second kappa shape index (κ2) is 8.28. The van der Waals surface area contributed by atoms with E-state index < -0.39 is 19.3 Å². The molecule has 1 saturated heterocycles. The Morgan fingerprint density at radius 1 is 1.28 bits per heavy atom. The first-order valence-corrected chi connectivity index (χ1v) is 11.9. The monoisotopic (exact) mass is 425 g/mol. The molecule has 1 unspecified atom stereocenters. The van der Waals surface area contributed by atoms with Crippen LogP contribution < -0.4 is 5.32 Å². The van der Waals surface area contributed by atoms with Crippen LogP contribution in [0.3, 0.4) is 0 Å². The number of ether oxygens (including phenoxy) is 1. The topological polar surface area (TPSA) is 71.0 Å². The van der Waals surface area contributed by atoms with Crippen molar-refractivity contribution in [2.24, 2.45) is 4.40 Å². The van der Waals surface area contributed by atoms with Crippen molar-refractivity contribution < 1.29 is 13.2 Å². The molecule has 3 rings (SSSR count). The molecule has 1 fully saturated rings. The van der Waals surface area contributed by atoms with Gasteiger partial charge in [-0.05, 0) is 23.8 Å². The Hall–Kier alpha value is -0.770. The lowest BCUT2D eigenvalue weighted by Crippen LogP contribution is -2.39. The van der Waals surface area contributed by atoms with Crippen LogP contribution in [-0.2, 0) is 14.8 Å². The van der Waals surface area contributed by atoms with Gasteiger partial charge in [-0.15, -0.1) is 16.8 Å². The predicted octanol–water partition coefficient (Wildman–Crippen LogP) is 2.52. The summed E-state index contributed by atoms with van der Waals surface area (Å²) in [7, 11) is 0.853. The summed E-state index contributed by atoms with van der Waals surface area (Å²) in [4.78, 5) is 2.40. The molecule has 0 bridgehead atoms. The van der Waals surface area contributed by atoms with Crippen LogP contribution in [0.5, 0.6) is 0 Å². The fourth-order valence-electron chi connectivity index (χ4n) is 2.52. The smallest absolute Gasteiger partial charge is 0.284 e. The summed E-state index contributed by atoms with van der Waals surface area (Å²) in [5.74, 6) is 0. The van der Waals surface area contributed by atoms with Gasteiger partial charge in [0.05, 0.1) is 18.1 Å². The fraction of sp³-hybridized carbons (Fsp3) is 0.400. The maximum absolute atomic E-state index is 12.4. The third-order valence-corrected chi connectivity index (χ3v) is 7.54. The Kier molecular flexibility index (Phi) is 6.80. The molecule has 0 aliphatic carbocycles. The van der Waals surface area contributed by atoms with E-state index in [4.69, 9.17) is 15.4 Å². The van der Waals surface area contributed by atoms with E-state index in [2.05, 4.69) is 14.6 Å². The molecular weight excluding hydrogens is 405 g/mol. The van der Waals surface area contributed by atoms with Gasteiger partial charge in [0.1, 0.15) is 0 Å². The number of nitrogens with one attached hydrogen (secondary N) is 1. The Morgan fingerprint density at radius 3 is 2.56 bits per heavy atom. The van der Waals surface area contributed by atoms with Crippen molar-refractivity contribution in [1.29, 1.82) is 0 Å². The van der Waals surface area contributed by atoms with E-state index in [1.807, 2.05) is 11.7 Å². The summed E-state index contributed by atoms with van der Waals surface area (Å²) in [5, 5.41) is 5.33. The van der Waals surface area contributed by atoms with Crippen molar-refractivity contribution in [2.45, 2.75) is 4.90 Å². The highest BCUT2D eigenvalue weighted by molar-refractivity contribution is 8.62. The minimum absolute atomic E-state index is 0. The average molecular weight is 426 g/mol. The third kappa shape index (κ3) is 5.12. The van der Waals surface area contributed by atoms with Crippen LogP contribution in [0.15, 0.2) is 50.7 Å². The van der Waals surface area contributed by atoms with Crippen LogP contribution in [0.4, 0.5) is 0 Å². The molecule has 0 aromatic heterocycles. The van der Waals surface area contributed by atoms with E-state index in [9.17, 15) is 8.42 Å². The van der Waals surface area contributed by atoms with Crippen LogP contribution in [0.25, 0.3) is 0 Å². The summed E-state index contributed by atoms with van der Waals surface area (Å²) in [5.41, 5.74) is 0.895. The number of benzene rings is 1. The number of halogens is 2. The van der Waals surface area contributed by atoms with Gasteiger partial charge in [0.15, 0.2) is 5.17 Å². The average Bonchev–Trinajstić information content (AvgIpc) is 2.82. The van der Waals surface area contributed by atoms with Crippen LogP contribution in [0.1, 0.15) is 0 Å². The molecule has 10 heteroatoms. The van der Waals surface area contributed by atoms with Gasteiger partial charge in [-0.2, -0.15) is 8.42 Å². The summed E-state index contributed by atoms with van der Waals surface area (Å²) >= 11 is 0. The van der Waals surface area contributed by atoms with Crippen molar-refractivity contribution in [3.8, 4) is 0 Å². The van der Waals surface area contributed by atoms with E-state index in [0.717, 1.165) is 18.8 Å². The van der Waals surface area contributed by atoms with Crippen LogP contribution in [0.2, 0.25) is 0 Å². The van der Waals surface area contributed by atoms with Crippen molar-refractivity contribution in [3.05, 3.63) is 41.4 Å². The molecule has 1 atom stereocenters. The number of hydrogen-bond donors (Lipinski definition) is 1. The number of sulfonamides is 1. The fourth-order valence-corrected chi connectivity index (χ4v) is 6.07. The summed E-state index contributed by atoms with van der Waals surface area (Å²) < 4.78 is 34.2. The highest BCUT2D eigenvalue weighted by Gasteiger charge is 2.31. The lowest BCUT2D eigenvalue weighted by molar-refractivity contribution is 0.0419. The second-order valence-electron chi connectivity index (χ2n) is 5.72. The van der Waals surface area contributed by atoms with E-state index in [-0.39, 0.29) is 17.3 Å². The molecule has 6 nitrogen and oxygen atoms in total. The van der Waals surface area contributed by atoms with Gasteiger partial charge in [-0.25, -0.2) is 0 Å². The zero-order valence-corrected chi connectivity index (χ0v) is 16.9. The lowest BCUT2D eigenvalue weighted by Gasteiger charge is -2.26. The van der Waals surface area contributed by atoms with Crippen LogP contribution >= 0.6 is 32.3 Å². The third-order valence-electron chi connectivity index (χ3n) is 3.75. The van der Waals surface area contributed by atoms with Gasteiger partial charge in [0.2, 0.25) is 0 Å². The van der Waals surface area contributed by atoms with Crippen molar-refractivity contribution in [3.63, 3.8) is 0 Å². The molecule has 0 saturated carbocycles. The van der Waals surface area contributed by atoms with E-state index in [0.29, 0.717) is 24.9 Å². The Labute approximate surface area is 160 Å². The highest BCUT2D eigenvalue weighted by atomic mass is 35.7. The number of morpholine rings is 1. The molecule has 1 aromatic rings. The van der Waals surface area contributed by atoms with Gasteiger partial charge in [-0.1, -0.05) is 38.1 Å². The molecule has 0 spiro atoms. The van der Waals surface area contributed by atoms with Crippen molar-refractivity contribution >= 4 is 47.5 Å². The number of hydrogen-bond acceptors (Lipinski definition) is 4. The van der Waals surface area contributed by atoms with Crippen molar-refractivity contribution in [2.75, 3.05) is 39.1 Å². The second-order valence-corrected chi connectivity index (χ2v) is 11.6. The van der Waals surface area contributed by atoms with Gasteiger partial charge in [-0.3, -0.25) is 4.90 Å². The molecule has 0 radical (unpaired) electrons. The SMILES string of the molecule is CS1(Cl)C=C(CN2CCOCC2)N/C1=N\S(=O)(=O)c1ccccc1.Cl. The standard InChI is InChI=1S/C15H20ClN3O3S2.ClH/c1-23(16)12-13(11-19-7-9-22-10-8-19)17-15(23)18-24(20,21)14-5-3-2-4-6-14;/h2-6,12H,7-11H2,1H3,(H,17,18);1H. The van der Waals surface area contributed by atoms with Crippen LogP contribution in [0, 0.1) is 0 Å².